The van der Waals surface area contributed by atoms with Gasteiger partial charge < -0.3 is 18.5 Å². The number of fused-ring (bicyclic) bond motifs is 6. The van der Waals surface area contributed by atoms with Crippen LogP contribution in [-0.4, -0.2) is 22.7 Å². The normalized spacial score (nSPS) is 10.7. The Morgan fingerprint density at radius 1 is 0.523 bits per heavy atom. The van der Waals surface area contributed by atoms with Crippen molar-refractivity contribution in [2.75, 3.05) is 0 Å². The molecule has 1 N–H and O–H groups in total. The van der Waals surface area contributed by atoms with E-state index in [1.165, 1.54) is 0 Å². The SMILES string of the molecule is Brc1cncc(-c2ccc3oc4ccccc4c3c2)c1.Brc1cncc(Br)c1.O[B]Oc1ccc2oc3ccccc3c2c1. The largest absolute Gasteiger partial charge is 0.569 e. The molecule has 8 rings (SSSR count). The van der Waals surface area contributed by atoms with E-state index >= 15 is 0 Å². The molecule has 10 heteroatoms. The van der Waals surface area contributed by atoms with Gasteiger partial charge in [-0.1, -0.05) is 42.5 Å². The molecule has 0 unspecified atom stereocenters. The molecule has 0 amide bonds. The Bertz CT molecular complexity index is 2200. The molecule has 215 valence electrons. The monoisotopic (exact) mass is 769 g/mol. The van der Waals surface area contributed by atoms with Gasteiger partial charge in [-0.2, -0.15) is 0 Å². The fraction of sp³-hybridized carbons (Fsp3) is 0. The van der Waals surface area contributed by atoms with Gasteiger partial charge in [-0.25, -0.2) is 0 Å². The van der Waals surface area contributed by atoms with E-state index < -0.39 is 0 Å². The number of benzene rings is 4. The number of pyridine rings is 2. The van der Waals surface area contributed by atoms with Gasteiger partial charge in [0.15, 0.2) is 0 Å². The summed E-state index contributed by atoms with van der Waals surface area (Å²) < 4.78 is 19.4. The molecule has 1 radical (unpaired) electrons. The van der Waals surface area contributed by atoms with E-state index in [9.17, 15) is 0 Å². The second kappa shape index (κ2) is 13.8. The van der Waals surface area contributed by atoms with Gasteiger partial charge in [-0.15, -0.1) is 0 Å². The number of furan rings is 2. The van der Waals surface area contributed by atoms with Gasteiger partial charge in [0, 0.05) is 65.3 Å². The van der Waals surface area contributed by atoms with E-state index in [1.807, 2.05) is 72.9 Å². The molecule has 0 fully saturated rings. The number of hydrogen-bond acceptors (Lipinski definition) is 6. The van der Waals surface area contributed by atoms with Crippen molar-refractivity contribution in [3.63, 3.8) is 0 Å². The third-order valence-electron chi connectivity index (χ3n) is 6.62. The summed E-state index contributed by atoms with van der Waals surface area (Å²) in [5, 5.41) is 12.9. The Labute approximate surface area is 278 Å². The minimum absolute atomic E-state index is 0.585. The molecule has 4 heterocycles. The van der Waals surface area contributed by atoms with Crippen LogP contribution in [0.5, 0.6) is 5.75 Å². The topological polar surface area (TPSA) is 81.5 Å². The maximum absolute atomic E-state index is 8.58. The first-order chi connectivity index (χ1) is 21.5. The average Bonchev–Trinajstić information content (AvgIpc) is 3.59. The molecule has 0 spiro atoms. The summed E-state index contributed by atoms with van der Waals surface area (Å²) in [5.41, 5.74) is 5.73. The van der Waals surface area contributed by atoms with Gasteiger partial charge in [0.2, 0.25) is 0 Å². The summed E-state index contributed by atoms with van der Waals surface area (Å²) in [4.78, 5) is 8.11. The van der Waals surface area contributed by atoms with Gasteiger partial charge in [0.05, 0.1) is 0 Å². The second-order valence-corrected chi connectivity index (χ2v) is 12.2. The van der Waals surface area contributed by atoms with Crippen LogP contribution in [0.15, 0.2) is 144 Å². The Morgan fingerprint density at radius 3 is 1.61 bits per heavy atom. The van der Waals surface area contributed by atoms with Crippen LogP contribution in [0.2, 0.25) is 0 Å². The van der Waals surface area contributed by atoms with E-state index in [1.54, 1.807) is 24.7 Å². The Hall–Kier alpha value is -3.96. The second-order valence-electron chi connectivity index (χ2n) is 9.50. The summed E-state index contributed by atoms with van der Waals surface area (Å²) >= 11 is 10.00. The molecular formula is C34H21BBr3N2O4. The molecule has 4 aromatic heterocycles. The number of halogens is 3. The van der Waals surface area contributed by atoms with Gasteiger partial charge >= 0.3 is 7.69 Å². The molecule has 0 aliphatic rings. The predicted molar refractivity (Wildman–Crippen MR) is 187 cm³/mol. The Morgan fingerprint density at radius 2 is 1.05 bits per heavy atom. The van der Waals surface area contributed by atoms with Crippen LogP contribution in [0.1, 0.15) is 0 Å². The molecule has 0 aliphatic carbocycles. The summed E-state index contributed by atoms with van der Waals surface area (Å²) in [5.74, 6) is 0.585. The van der Waals surface area contributed by atoms with E-state index in [0.717, 1.165) is 68.4 Å². The number of rotatable bonds is 3. The highest BCUT2D eigenvalue weighted by molar-refractivity contribution is 9.11. The van der Waals surface area contributed by atoms with Gasteiger partial charge in [-0.05, 0) is 108 Å². The third-order valence-corrected chi connectivity index (χ3v) is 7.92. The van der Waals surface area contributed by atoms with E-state index in [4.69, 9.17) is 18.5 Å². The average molecular weight is 772 g/mol. The van der Waals surface area contributed by atoms with Crippen molar-refractivity contribution in [2.45, 2.75) is 0 Å². The fourth-order valence-corrected chi connectivity index (χ4v) is 6.10. The van der Waals surface area contributed by atoms with Crippen molar-refractivity contribution in [3.8, 4) is 16.9 Å². The van der Waals surface area contributed by atoms with Crippen molar-refractivity contribution >= 4 is 99.4 Å². The summed E-state index contributed by atoms with van der Waals surface area (Å²) in [6.07, 6.45) is 7.14. The van der Waals surface area contributed by atoms with Crippen LogP contribution in [0.25, 0.3) is 55.0 Å². The number of para-hydroxylation sites is 2. The van der Waals surface area contributed by atoms with Crippen molar-refractivity contribution in [1.82, 2.24) is 9.97 Å². The number of aromatic nitrogens is 2. The summed E-state index contributed by atoms with van der Waals surface area (Å²) in [6.45, 7) is 0. The maximum atomic E-state index is 8.58. The lowest BCUT2D eigenvalue weighted by Gasteiger charge is -2.01. The van der Waals surface area contributed by atoms with E-state index in [-0.39, 0.29) is 0 Å². The van der Waals surface area contributed by atoms with E-state index in [0.29, 0.717) is 13.4 Å². The number of hydrogen-bond donors (Lipinski definition) is 1. The zero-order valence-electron chi connectivity index (χ0n) is 22.8. The molecule has 44 heavy (non-hydrogen) atoms. The van der Waals surface area contributed by atoms with Crippen LogP contribution in [0.4, 0.5) is 0 Å². The van der Waals surface area contributed by atoms with Crippen molar-refractivity contribution in [3.05, 3.63) is 135 Å². The first-order valence-corrected chi connectivity index (χ1v) is 15.7. The quantitative estimate of drug-likeness (QED) is 0.180. The standard InChI is InChI=1S/C17H10BrNO.C12H8BO3.C5H3Br2N/c18-13-7-12(9-19-10-13)11-5-6-17-15(8-11)14-3-1-2-4-16(14)20-17;14-13-16-8-5-6-12-10(7-8)9-3-1-2-4-11(9)15-12;6-4-1-5(7)3-8-2-4/h1-10H;1-7,14H;1-3H. The highest BCUT2D eigenvalue weighted by Crippen LogP contribution is 2.33. The molecule has 4 aromatic carbocycles. The molecule has 0 atom stereocenters. The molecule has 0 bridgehead atoms. The number of nitrogens with zero attached hydrogens (tertiary/aromatic N) is 2. The predicted octanol–water partition coefficient (Wildman–Crippen LogP) is 10.5. The lowest BCUT2D eigenvalue weighted by Crippen LogP contribution is -1.98. The van der Waals surface area contributed by atoms with Gasteiger partial charge in [0.1, 0.15) is 28.1 Å². The summed E-state index contributed by atoms with van der Waals surface area (Å²) in [7, 11) is 0.670. The van der Waals surface area contributed by atoms with Crippen molar-refractivity contribution in [2.24, 2.45) is 0 Å². The van der Waals surface area contributed by atoms with Crippen LogP contribution in [0.3, 0.4) is 0 Å². The van der Waals surface area contributed by atoms with Crippen molar-refractivity contribution < 1.29 is 18.5 Å². The van der Waals surface area contributed by atoms with Crippen LogP contribution >= 0.6 is 47.8 Å². The van der Waals surface area contributed by atoms with Crippen LogP contribution in [-0.2, 0) is 0 Å². The molecule has 8 aromatic rings. The first kappa shape index (κ1) is 30.1. The van der Waals surface area contributed by atoms with Crippen LogP contribution in [0, 0.1) is 0 Å². The van der Waals surface area contributed by atoms with Crippen LogP contribution < -0.4 is 4.65 Å². The molecule has 0 aliphatic heterocycles. The van der Waals surface area contributed by atoms with E-state index in [2.05, 4.69) is 82.0 Å². The maximum Gasteiger partial charge on any atom is 0.569 e. The molecular weight excluding hydrogens is 751 g/mol. The smallest absolute Gasteiger partial charge is 0.537 e. The minimum Gasteiger partial charge on any atom is -0.537 e. The molecule has 6 nitrogen and oxygen atoms in total. The Kier molecular flexibility index (Phi) is 9.42. The van der Waals surface area contributed by atoms with Gasteiger partial charge in [0.25, 0.3) is 0 Å². The zero-order chi connectivity index (χ0) is 30.5. The minimum atomic E-state index is 0.585. The molecule has 0 saturated heterocycles. The highest BCUT2D eigenvalue weighted by Gasteiger charge is 2.09. The lowest BCUT2D eigenvalue weighted by atomic mass is 10.0. The molecule has 0 saturated carbocycles. The third kappa shape index (κ3) is 6.89. The van der Waals surface area contributed by atoms with Crippen molar-refractivity contribution in [1.29, 1.82) is 0 Å². The highest BCUT2D eigenvalue weighted by atomic mass is 79.9. The first-order valence-electron chi connectivity index (χ1n) is 13.3. The summed E-state index contributed by atoms with van der Waals surface area (Å²) in [6, 6.07) is 31.6. The van der Waals surface area contributed by atoms with Gasteiger partial charge in [-0.3, -0.25) is 9.97 Å². The Balaban J connectivity index is 0.000000128. The fourth-order valence-electron chi connectivity index (χ4n) is 4.70. The lowest BCUT2D eigenvalue weighted by molar-refractivity contribution is 0.454. The zero-order valence-corrected chi connectivity index (χ0v) is 27.6.